The van der Waals surface area contributed by atoms with Crippen molar-refractivity contribution in [3.05, 3.63) is 96.1 Å². The van der Waals surface area contributed by atoms with Gasteiger partial charge in [-0.2, -0.15) is 0 Å². The molecule has 3 aromatic rings. The second kappa shape index (κ2) is 8.61. The summed E-state index contributed by atoms with van der Waals surface area (Å²) in [6.07, 6.45) is 2.25. The summed E-state index contributed by atoms with van der Waals surface area (Å²) in [7, 11) is 0. The lowest BCUT2D eigenvalue weighted by molar-refractivity contribution is 0.102. The highest BCUT2D eigenvalue weighted by molar-refractivity contribution is 6.04. The van der Waals surface area contributed by atoms with Crippen LogP contribution in [0.15, 0.2) is 84.9 Å². The number of rotatable bonds is 6. The summed E-state index contributed by atoms with van der Waals surface area (Å²) in [6, 6.07) is 26.0. The molecule has 1 aliphatic carbocycles. The first-order valence-electron chi connectivity index (χ1n) is 9.78. The topological polar surface area (TPSA) is 70.2 Å². The fourth-order valence-electron chi connectivity index (χ4n) is 3.34. The fraction of sp³-hybridized carbons (Fsp3) is 0.167. The number of carbonyl (C=O) groups is 2. The first-order valence-corrected chi connectivity index (χ1v) is 9.78. The van der Waals surface area contributed by atoms with Crippen molar-refractivity contribution >= 4 is 23.3 Å². The van der Waals surface area contributed by atoms with Crippen molar-refractivity contribution in [2.75, 3.05) is 10.6 Å². The Morgan fingerprint density at radius 3 is 2.03 bits per heavy atom. The number of anilines is 2. The third-order valence-electron chi connectivity index (χ3n) is 4.95. The molecule has 3 amide bonds. The number of urea groups is 1. The van der Waals surface area contributed by atoms with Crippen molar-refractivity contribution in [2.45, 2.75) is 18.9 Å². The first kappa shape index (κ1) is 18.7. The second-order valence-corrected chi connectivity index (χ2v) is 7.23. The molecule has 3 aromatic carbocycles. The number of hydrogen-bond acceptors (Lipinski definition) is 2. The molecule has 1 aliphatic rings. The minimum absolute atomic E-state index is 0.0113. The van der Waals surface area contributed by atoms with E-state index < -0.39 is 0 Å². The maximum Gasteiger partial charge on any atom is 0.319 e. The summed E-state index contributed by atoms with van der Waals surface area (Å²) < 4.78 is 0. The fourth-order valence-corrected chi connectivity index (χ4v) is 3.34. The molecular formula is C24H23N3O2. The molecule has 0 aromatic heterocycles. The molecule has 1 atom stereocenters. The lowest BCUT2D eigenvalue weighted by Crippen LogP contribution is -2.33. The van der Waals surface area contributed by atoms with Gasteiger partial charge < -0.3 is 16.0 Å². The van der Waals surface area contributed by atoms with Crippen molar-refractivity contribution in [1.29, 1.82) is 0 Å². The van der Waals surface area contributed by atoms with Gasteiger partial charge >= 0.3 is 6.03 Å². The molecule has 146 valence electrons. The molecule has 0 saturated heterocycles. The predicted octanol–water partition coefficient (Wildman–Crippen LogP) is 5.21. The van der Waals surface area contributed by atoms with Crippen LogP contribution in [0.2, 0.25) is 0 Å². The Labute approximate surface area is 170 Å². The summed E-state index contributed by atoms with van der Waals surface area (Å²) in [6.45, 7) is 0. The van der Waals surface area contributed by atoms with Crippen LogP contribution in [0.1, 0.15) is 34.8 Å². The van der Waals surface area contributed by atoms with E-state index in [0.717, 1.165) is 18.4 Å². The molecule has 0 spiro atoms. The van der Waals surface area contributed by atoms with Crippen LogP contribution >= 0.6 is 0 Å². The number of nitrogens with one attached hydrogen (secondary N) is 3. The van der Waals surface area contributed by atoms with Gasteiger partial charge in [-0.05, 0) is 54.7 Å². The zero-order chi connectivity index (χ0) is 20.1. The van der Waals surface area contributed by atoms with E-state index >= 15 is 0 Å². The summed E-state index contributed by atoms with van der Waals surface area (Å²) in [5.74, 6) is 0.296. The van der Waals surface area contributed by atoms with E-state index in [0.29, 0.717) is 22.9 Å². The number of hydrogen-bond donors (Lipinski definition) is 3. The van der Waals surface area contributed by atoms with Crippen LogP contribution in [-0.4, -0.2) is 11.9 Å². The SMILES string of the molecule is O=C(Nc1cccc(NC(=O)c2ccccc2)c1)NC(c1ccccc1)C1CC1. The Bertz CT molecular complexity index is 985. The Hall–Kier alpha value is -3.60. The van der Waals surface area contributed by atoms with E-state index in [1.807, 2.05) is 48.5 Å². The van der Waals surface area contributed by atoms with Gasteiger partial charge in [-0.3, -0.25) is 4.79 Å². The lowest BCUT2D eigenvalue weighted by Gasteiger charge is -2.19. The maximum absolute atomic E-state index is 12.6. The molecule has 4 rings (SSSR count). The zero-order valence-corrected chi connectivity index (χ0v) is 16.0. The van der Waals surface area contributed by atoms with E-state index in [2.05, 4.69) is 16.0 Å². The Balaban J connectivity index is 1.39. The van der Waals surface area contributed by atoms with Crippen LogP contribution in [0, 0.1) is 5.92 Å². The first-order chi connectivity index (χ1) is 14.2. The third kappa shape index (κ3) is 5.02. The molecule has 5 nitrogen and oxygen atoms in total. The van der Waals surface area contributed by atoms with Gasteiger partial charge in [0.15, 0.2) is 0 Å². The number of benzene rings is 3. The quantitative estimate of drug-likeness (QED) is 0.545. The summed E-state index contributed by atoms with van der Waals surface area (Å²) >= 11 is 0. The second-order valence-electron chi connectivity index (χ2n) is 7.23. The van der Waals surface area contributed by atoms with Gasteiger partial charge in [0.1, 0.15) is 0 Å². The predicted molar refractivity (Wildman–Crippen MR) is 115 cm³/mol. The Morgan fingerprint density at radius 1 is 0.759 bits per heavy atom. The summed E-state index contributed by atoms with van der Waals surface area (Å²) in [5, 5.41) is 8.83. The molecule has 1 fully saturated rings. The van der Waals surface area contributed by atoms with E-state index in [1.54, 1.807) is 36.4 Å². The van der Waals surface area contributed by atoms with Crippen molar-refractivity contribution in [2.24, 2.45) is 5.92 Å². The molecule has 29 heavy (non-hydrogen) atoms. The van der Waals surface area contributed by atoms with Crippen molar-refractivity contribution in [3.63, 3.8) is 0 Å². The summed E-state index contributed by atoms with van der Waals surface area (Å²) in [4.78, 5) is 24.9. The molecule has 0 bridgehead atoms. The van der Waals surface area contributed by atoms with Gasteiger partial charge in [-0.15, -0.1) is 0 Å². The van der Waals surface area contributed by atoms with Gasteiger partial charge in [0.2, 0.25) is 0 Å². The number of carbonyl (C=O) groups excluding carboxylic acids is 2. The van der Waals surface area contributed by atoms with Crippen LogP contribution in [0.5, 0.6) is 0 Å². The van der Waals surface area contributed by atoms with Crippen LogP contribution in [0.25, 0.3) is 0 Å². The monoisotopic (exact) mass is 385 g/mol. The molecule has 3 N–H and O–H groups in total. The number of amides is 3. The van der Waals surface area contributed by atoms with E-state index in [-0.39, 0.29) is 18.0 Å². The molecule has 5 heteroatoms. The molecule has 0 radical (unpaired) electrons. The van der Waals surface area contributed by atoms with Crippen LogP contribution in [0.3, 0.4) is 0 Å². The zero-order valence-electron chi connectivity index (χ0n) is 16.0. The average Bonchev–Trinajstić information content (AvgIpc) is 3.59. The standard InChI is InChI=1S/C24H23N3O2/c28-23(19-10-5-2-6-11-19)25-20-12-7-13-21(16-20)26-24(29)27-22(18-14-15-18)17-8-3-1-4-9-17/h1-13,16,18,22H,14-15H2,(H,25,28)(H2,26,27,29). The Kier molecular flexibility index (Phi) is 5.56. The van der Waals surface area contributed by atoms with Crippen molar-refractivity contribution in [3.8, 4) is 0 Å². The molecule has 1 unspecified atom stereocenters. The minimum atomic E-state index is -0.253. The van der Waals surface area contributed by atoms with E-state index in [4.69, 9.17) is 0 Å². The molecule has 1 saturated carbocycles. The smallest absolute Gasteiger partial charge is 0.319 e. The van der Waals surface area contributed by atoms with Gasteiger partial charge in [0.05, 0.1) is 6.04 Å². The van der Waals surface area contributed by atoms with E-state index in [9.17, 15) is 9.59 Å². The van der Waals surface area contributed by atoms with Crippen molar-refractivity contribution < 1.29 is 9.59 Å². The highest BCUT2D eigenvalue weighted by Crippen LogP contribution is 2.40. The van der Waals surface area contributed by atoms with Gasteiger partial charge in [0.25, 0.3) is 5.91 Å². The average molecular weight is 385 g/mol. The largest absolute Gasteiger partial charge is 0.331 e. The van der Waals surface area contributed by atoms with Gasteiger partial charge in [0, 0.05) is 16.9 Å². The minimum Gasteiger partial charge on any atom is -0.331 e. The highest BCUT2D eigenvalue weighted by atomic mass is 16.2. The molecular weight excluding hydrogens is 362 g/mol. The third-order valence-corrected chi connectivity index (χ3v) is 4.95. The highest BCUT2D eigenvalue weighted by Gasteiger charge is 2.33. The van der Waals surface area contributed by atoms with Crippen LogP contribution < -0.4 is 16.0 Å². The Morgan fingerprint density at radius 2 is 1.38 bits per heavy atom. The summed E-state index contributed by atoms with van der Waals surface area (Å²) in [5.41, 5.74) is 2.95. The molecule has 0 aliphatic heterocycles. The molecule has 0 heterocycles. The maximum atomic E-state index is 12.6. The van der Waals surface area contributed by atoms with Gasteiger partial charge in [-0.1, -0.05) is 54.6 Å². The van der Waals surface area contributed by atoms with Gasteiger partial charge in [-0.25, -0.2) is 4.79 Å². The van der Waals surface area contributed by atoms with Crippen molar-refractivity contribution in [1.82, 2.24) is 5.32 Å². The van der Waals surface area contributed by atoms with Crippen LogP contribution in [-0.2, 0) is 0 Å². The normalized spacial score (nSPS) is 13.9. The van der Waals surface area contributed by atoms with E-state index in [1.165, 1.54) is 0 Å². The van der Waals surface area contributed by atoms with Crippen LogP contribution in [0.4, 0.5) is 16.2 Å². The lowest BCUT2D eigenvalue weighted by atomic mass is 10.0.